The molecule has 2 rings (SSSR count). The quantitative estimate of drug-likeness (QED) is 0.857. The molecule has 0 saturated carbocycles. The van der Waals surface area contributed by atoms with Crippen molar-refractivity contribution in [2.75, 3.05) is 5.73 Å². The molecule has 0 radical (unpaired) electrons. The van der Waals surface area contributed by atoms with Crippen LogP contribution in [0, 0.1) is 0 Å². The van der Waals surface area contributed by atoms with Crippen molar-refractivity contribution in [3.8, 4) is 11.1 Å². The maximum atomic E-state index is 12.4. The van der Waals surface area contributed by atoms with Crippen molar-refractivity contribution in [3.63, 3.8) is 0 Å². The number of anilines is 1. The topological polar surface area (TPSA) is 43.8 Å². The maximum Gasteiger partial charge on any atom is 0.288 e. The molecule has 90 valence electrons. The van der Waals surface area contributed by atoms with Gasteiger partial charge in [0.05, 0.1) is 6.20 Å². The first-order chi connectivity index (χ1) is 8.09. The number of hydrogen-bond donors (Lipinski definition) is 1. The first kappa shape index (κ1) is 11.9. The minimum atomic E-state index is -2.45. The summed E-state index contributed by atoms with van der Waals surface area (Å²) in [5, 5.41) is 4.01. The van der Waals surface area contributed by atoms with Crippen LogP contribution in [-0.4, -0.2) is 15.5 Å². The van der Waals surface area contributed by atoms with E-state index >= 15 is 0 Å². The zero-order valence-corrected chi connectivity index (χ0v) is 9.92. The lowest BCUT2D eigenvalue weighted by Gasteiger charge is -2.07. The van der Waals surface area contributed by atoms with E-state index in [4.69, 9.17) is 5.73 Å². The molecular formula is C11H11F2N3S. The molecule has 2 aromatic rings. The summed E-state index contributed by atoms with van der Waals surface area (Å²) in [5.41, 5.74) is 7.20. The minimum absolute atomic E-state index is 0.465. The molecule has 0 amide bonds. The number of nitrogens with zero attached hydrogens (tertiary/aromatic N) is 2. The molecule has 0 atom stereocenters. The Hall–Kier alpha value is -1.56. The number of rotatable bonds is 3. The highest BCUT2D eigenvalue weighted by atomic mass is 32.2. The number of halogens is 2. The van der Waals surface area contributed by atoms with Gasteiger partial charge in [0.2, 0.25) is 0 Å². The third-order valence-corrected chi connectivity index (χ3v) is 3.17. The molecule has 17 heavy (non-hydrogen) atoms. The fourth-order valence-electron chi connectivity index (χ4n) is 1.54. The van der Waals surface area contributed by atoms with Crippen LogP contribution in [0.25, 0.3) is 11.1 Å². The number of benzene rings is 1. The SMILES string of the molecule is Cn1ncc(-c2ccccc2SC(F)F)c1N. The fourth-order valence-corrected chi connectivity index (χ4v) is 2.20. The van der Waals surface area contributed by atoms with Crippen molar-refractivity contribution in [1.82, 2.24) is 9.78 Å². The van der Waals surface area contributed by atoms with Gasteiger partial charge in [-0.2, -0.15) is 13.9 Å². The standard InChI is InChI=1S/C11H11F2N3S/c1-16-10(14)8(6-15-16)7-4-2-3-5-9(7)17-11(12)13/h2-6,11H,14H2,1H3. The van der Waals surface area contributed by atoms with E-state index in [-0.39, 0.29) is 0 Å². The summed E-state index contributed by atoms with van der Waals surface area (Å²) in [6, 6.07) is 6.93. The Labute approximate surface area is 102 Å². The Bertz CT molecular complexity index is 525. The molecule has 0 aliphatic carbocycles. The Balaban J connectivity index is 2.48. The van der Waals surface area contributed by atoms with Gasteiger partial charge in [-0.05, 0) is 6.07 Å². The van der Waals surface area contributed by atoms with E-state index in [9.17, 15) is 8.78 Å². The molecule has 0 bridgehead atoms. The van der Waals surface area contributed by atoms with Gasteiger partial charge in [-0.15, -0.1) is 0 Å². The van der Waals surface area contributed by atoms with Gasteiger partial charge in [0.1, 0.15) is 5.82 Å². The van der Waals surface area contributed by atoms with E-state index in [2.05, 4.69) is 5.10 Å². The lowest BCUT2D eigenvalue weighted by molar-refractivity contribution is 0.252. The monoisotopic (exact) mass is 255 g/mol. The van der Waals surface area contributed by atoms with Crippen LogP contribution >= 0.6 is 11.8 Å². The van der Waals surface area contributed by atoms with Crippen molar-refractivity contribution in [2.24, 2.45) is 7.05 Å². The molecule has 0 aliphatic heterocycles. The second kappa shape index (κ2) is 4.75. The van der Waals surface area contributed by atoms with E-state index in [0.717, 1.165) is 0 Å². The van der Waals surface area contributed by atoms with Crippen LogP contribution in [0.2, 0.25) is 0 Å². The normalized spacial score (nSPS) is 11.1. The molecule has 1 aromatic heterocycles. The van der Waals surface area contributed by atoms with Crippen LogP contribution in [0.15, 0.2) is 35.4 Å². The smallest absolute Gasteiger partial charge is 0.288 e. The molecule has 6 heteroatoms. The van der Waals surface area contributed by atoms with Crippen molar-refractivity contribution < 1.29 is 8.78 Å². The number of nitrogen functional groups attached to an aromatic ring is 1. The average Bonchev–Trinajstić information content (AvgIpc) is 2.60. The molecule has 0 saturated heterocycles. The summed E-state index contributed by atoms with van der Waals surface area (Å²) in [7, 11) is 1.71. The van der Waals surface area contributed by atoms with Gasteiger partial charge >= 0.3 is 0 Å². The first-order valence-electron chi connectivity index (χ1n) is 4.91. The largest absolute Gasteiger partial charge is 0.383 e. The Kier molecular flexibility index (Phi) is 3.33. The molecule has 1 heterocycles. The van der Waals surface area contributed by atoms with E-state index in [1.54, 1.807) is 37.5 Å². The van der Waals surface area contributed by atoms with Gasteiger partial charge in [0, 0.05) is 23.1 Å². The predicted molar refractivity (Wildman–Crippen MR) is 64.9 cm³/mol. The second-order valence-electron chi connectivity index (χ2n) is 3.44. The van der Waals surface area contributed by atoms with Gasteiger partial charge in [-0.25, -0.2) is 0 Å². The lowest BCUT2D eigenvalue weighted by atomic mass is 10.1. The third-order valence-electron chi connectivity index (χ3n) is 2.38. The Morgan fingerprint density at radius 3 is 2.59 bits per heavy atom. The number of hydrogen-bond acceptors (Lipinski definition) is 3. The van der Waals surface area contributed by atoms with Crippen molar-refractivity contribution in [1.29, 1.82) is 0 Å². The molecule has 1 aromatic carbocycles. The Morgan fingerprint density at radius 1 is 1.29 bits per heavy atom. The van der Waals surface area contributed by atoms with Crippen LogP contribution in [0.4, 0.5) is 14.6 Å². The van der Waals surface area contributed by atoms with Gasteiger partial charge in [0.25, 0.3) is 5.76 Å². The van der Waals surface area contributed by atoms with E-state index in [0.29, 0.717) is 33.6 Å². The van der Waals surface area contributed by atoms with Crippen molar-refractivity contribution in [3.05, 3.63) is 30.5 Å². The van der Waals surface area contributed by atoms with Crippen molar-refractivity contribution >= 4 is 17.6 Å². The Morgan fingerprint density at radius 2 is 2.00 bits per heavy atom. The highest BCUT2D eigenvalue weighted by Gasteiger charge is 2.14. The maximum absolute atomic E-state index is 12.4. The van der Waals surface area contributed by atoms with Crippen LogP contribution < -0.4 is 5.73 Å². The van der Waals surface area contributed by atoms with Gasteiger partial charge in [0.15, 0.2) is 0 Å². The summed E-state index contributed by atoms with van der Waals surface area (Å²) >= 11 is 0.512. The molecule has 0 fully saturated rings. The first-order valence-corrected chi connectivity index (χ1v) is 5.79. The summed E-state index contributed by atoms with van der Waals surface area (Å²) in [6.45, 7) is 0. The molecule has 0 aliphatic rings. The lowest BCUT2D eigenvalue weighted by Crippen LogP contribution is -1.98. The summed E-state index contributed by atoms with van der Waals surface area (Å²) in [6.07, 6.45) is 1.58. The van der Waals surface area contributed by atoms with Gasteiger partial charge in [-0.3, -0.25) is 4.68 Å². The summed E-state index contributed by atoms with van der Waals surface area (Å²) in [5.74, 6) is -1.98. The molecule has 2 N–H and O–H groups in total. The average molecular weight is 255 g/mol. The van der Waals surface area contributed by atoms with Crippen LogP contribution in [-0.2, 0) is 7.05 Å². The molecule has 0 unspecified atom stereocenters. The number of aryl methyl sites for hydroxylation is 1. The van der Waals surface area contributed by atoms with Gasteiger partial charge < -0.3 is 5.73 Å². The molecular weight excluding hydrogens is 244 g/mol. The zero-order valence-electron chi connectivity index (χ0n) is 9.10. The highest BCUT2D eigenvalue weighted by Crippen LogP contribution is 2.36. The minimum Gasteiger partial charge on any atom is -0.383 e. The molecule has 0 spiro atoms. The van der Waals surface area contributed by atoms with Gasteiger partial charge in [-0.1, -0.05) is 30.0 Å². The summed E-state index contributed by atoms with van der Waals surface area (Å²) in [4.78, 5) is 0.502. The second-order valence-corrected chi connectivity index (χ2v) is 4.47. The zero-order chi connectivity index (χ0) is 12.4. The third kappa shape index (κ3) is 2.41. The number of thioether (sulfide) groups is 1. The van der Waals surface area contributed by atoms with E-state index < -0.39 is 5.76 Å². The fraction of sp³-hybridized carbons (Fsp3) is 0.182. The number of nitrogens with two attached hydrogens (primary N) is 1. The number of alkyl halides is 2. The number of aromatic nitrogens is 2. The van der Waals surface area contributed by atoms with E-state index in [1.807, 2.05) is 0 Å². The summed E-state index contributed by atoms with van der Waals surface area (Å²) < 4.78 is 26.4. The van der Waals surface area contributed by atoms with Crippen LogP contribution in [0.3, 0.4) is 0 Å². The van der Waals surface area contributed by atoms with Crippen LogP contribution in [0.1, 0.15) is 0 Å². The molecule has 3 nitrogen and oxygen atoms in total. The predicted octanol–water partition coefficient (Wildman–Crippen LogP) is 2.98. The van der Waals surface area contributed by atoms with Crippen LogP contribution in [0.5, 0.6) is 0 Å². The van der Waals surface area contributed by atoms with E-state index in [1.165, 1.54) is 4.68 Å². The van der Waals surface area contributed by atoms with Crippen molar-refractivity contribution in [2.45, 2.75) is 10.7 Å². The highest BCUT2D eigenvalue weighted by molar-refractivity contribution is 7.99.